The first-order valence-corrected chi connectivity index (χ1v) is 13.4. The number of hydrogen-bond acceptors (Lipinski definition) is 6. The van der Waals surface area contributed by atoms with E-state index in [0.717, 1.165) is 16.7 Å². The van der Waals surface area contributed by atoms with Crippen LogP contribution in [0.25, 0.3) is 22.5 Å². The highest BCUT2D eigenvalue weighted by molar-refractivity contribution is 6.35. The summed E-state index contributed by atoms with van der Waals surface area (Å²) >= 11 is 6.41. The molecule has 2 atom stereocenters. The summed E-state index contributed by atoms with van der Waals surface area (Å²) in [5.74, 6) is -2.50. The molecule has 42 heavy (non-hydrogen) atoms. The topological polar surface area (TPSA) is 98.9 Å². The molecule has 1 aliphatic carbocycles. The number of esters is 1. The van der Waals surface area contributed by atoms with Gasteiger partial charge in [-0.3, -0.25) is 0 Å². The van der Waals surface area contributed by atoms with Crippen LogP contribution in [0.2, 0.25) is 5.02 Å². The Morgan fingerprint density at radius 3 is 2.57 bits per heavy atom. The highest BCUT2D eigenvalue weighted by Gasteiger charge is 2.43. The van der Waals surface area contributed by atoms with Crippen molar-refractivity contribution < 1.29 is 33.0 Å². The molecular weight excluding hydrogens is 561 g/mol. The molecule has 1 N–H and O–H groups in total. The van der Waals surface area contributed by atoms with Crippen LogP contribution in [0, 0.1) is 12.8 Å². The zero-order valence-corrected chi connectivity index (χ0v) is 24.0. The van der Waals surface area contributed by atoms with Gasteiger partial charge in [-0.15, -0.1) is 0 Å². The molecule has 1 heterocycles. The van der Waals surface area contributed by atoms with Crippen LogP contribution in [-0.4, -0.2) is 36.2 Å². The predicted molar refractivity (Wildman–Crippen MR) is 159 cm³/mol. The maximum Gasteiger partial charge on any atom is 0.341 e. The monoisotopic (exact) mass is 587 g/mol. The zero-order valence-electron chi connectivity index (χ0n) is 23.3. The summed E-state index contributed by atoms with van der Waals surface area (Å²) in [4.78, 5) is 28.5. The van der Waals surface area contributed by atoms with Gasteiger partial charge in [0.05, 0.1) is 30.2 Å². The van der Waals surface area contributed by atoms with Crippen molar-refractivity contribution in [1.82, 2.24) is 4.98 Å². The van der Waals surface area contributed by atoms with Crippen molar-refractivity contribution >= 4 is 46.0 Å². The second-order valence-corrected chi connectivity index (χ2v) is 10.4. The summed E-state index contributed by atoms with van der Waals surface area (Å²) in [6.07, 6.45) is 7.02. The third-order valence-electron chi connectivity index (χ3n) is 7.60. The summed E-state index contributed by atoms with van der Waals surface area (Å²) in [5, 5.41) is 9.60. The van der Waals surface area contributed by atoms with Gasteiger partial charge in [-0.1, -0.05) is 67.1 Å². The first-order valence-electron chi connectivity index (χ1n) is 13.0. The lowest BCUT2D eigenvalue weighted by Gasteiger charge is -2.35. The van der Waals surface area contributed by atoms with Crippen molar-refractivity contribution in [3.8, 4) is 5.75 Å². The lowest BCUT2D eigenvalue weighted by molar-refractivity contribution is 0.0596. The highest BCUT2D eigenvalue weighted by Crippen LogP contribution is 2.48. The summed E-state index contributed by atoms with van der Waals surface area (Å²) in [5.41, 5.74) is 2.40. The number of methoxy groups -OCH3 is 2. The molecule has 2 unspecified atom stereocenters. The quantitative estimate of drug-likeness (QED) is 0.220. The lowest BCUT2D eigenvalue weighted by atomic mass is 9.67. The predicted octanol–water partition coefficient (Wildman–Crippen LogP) is 7.82. The normalized spacial score (nSPS) is 18.6. The first-order chi connectivity index (χ1) is 20.1. The van der Waals surface area contributed by atoms with Gasteiger partial charge in [-0.25, -0.2) is 19.0 Å². The number of carbonyl (C=O) groups is 2. The number of benzene rings is 3. The Bertz CT molecular complexity index is 1820. The molecule has 1 aliphatic rings. The number of nitrogens with zero attached hydrogens (tertiary/aromatic N) is 1. The molecule has 214 valence electrons. The SMILES string of the molecule is COC(=O)c1ccc(/C(F)=C/C2(c3nc4cc(C(=O)O)cc(Cl)c4o3)C=CC=C(c3ccccc3C)C2C)cc1OC. The number of allylic oxidation sites excluding steroid dienone is 5. The number of rotatable bonds is 7. The maximum atomic E-state index is 16.3. The van der Waals surface area contributed by atoms with Gasteiger partial charge in [0.1, 0.15) is 22.7 Å². The number of carboxylic acid groups (broad SMARTS) is 1. The number of carboxylic acids is 1. The van der Waals surface area contributed by atoms with Crippen molar-refractivity contribution in [2.45, 2.75) is 19.3 Å². The number of fused-ring (bicyclic) bond motifs is 1. The number of aromatic carboxylic acids is 1. The maximum absolute atomic E-state index is 16.3. The minimum atomic E-state index is -1.25. The molecule has 0 saturated heterocycles. The molecule has 4 aromatic rings. The highest BCUT2D eigenvalue weighted by atomic mass is 35.5. The average Bonchev–Trinajstić information content (AvgIpc) is 3.43. The molecule has 7 nitrogen and oxygen atoms in total. The minimum Gasteiger partial charge on any atom is -0.496 e. The van der Waals surface area contributed by atoms with Gasteiger partial charge in [0.25, 0.3) is 0 Å². The number of hydrogen-bond donors (Lipinski definition) is 1. The van der Waals surface area contributed by atoms with Gasteiger partial charge in [0.2, 0.25) is 5.89 Å². The van der Waals surface area contributed by atoms with E-state index in [0.29, 0.717) is 0 Å². The Morgan fingerprint density at radius 2 is 1.88 bits per heavy atom. The second kappa shape index (κ2) is 11.3. The Balaban J connectivity index is 1.72. The van der Waals surface area contributed by atoms with Gasteiger partial charge in [-0.2, -0.15) is 0 Å². The van der Waals surface area contributed by atoms with Gasteiger partial charge in [-0.05, 0) is 54.0 Å². The van der Waals surface area contributed by atoms with E-state index in [1.807, 2.05) is 50.3 Å². The number of ether oxygens (including phenoxy) is 2. The van der Waals surface area contributed by atoms with Crippen LogP contribution in [0.1, 0.15) is 50.2 Å². The smallest absolute Gasteiger partial charge is 0.341 e. The van der Waals surface area contributed by atoms with E-state index in [1.54, 1.807) is 6.08 Å². The van der Waals surface area contributed by atoms with Crippen molar-refractivity contribution in [1.29, 1.82) is 0 Å². The Hall–Kier alpha value is -4.69. The largest absolute Gasteiger partial charge is 0.496 e. The van der Waals surface area contributed by atoms with Crippen LogP contribution < -0.4 is 4.74 Å². The third kappa shape index (κ3) is 4.99. The van der Waals surface area contributed by atoms with Crippen molar-refractivity contribution in [2.75, 3.05) is 14.2 Å². The molecule has 0 aliphatic heterocycles. The molecule has 0 fully saturated rings. The zero-order chi connectivity index (χ0) is 30.2. The van der Waals surface area contributed by atoms with E-state index in [1.165, 1.54) is 50.6 Å². The summed E-state index contributed by atoms with van der Waals surface area (Å²) < 4.78 is 32.7. The van der Waals surface area contributed by atoms with Gasteiger partial charge in [0, 0.05) is 11.5 Å². The molecule has 0 amide bonds. The Labute approximate surface area is 246 Å². The van der Waals surface area contributed by atoms with E-state index in [-0.39, 0.29) is 44.5 Å². The number of aryl methyl sites for hydroxylation is 1. The fourth-order valence-corrected chi connectivity index (χ4v) is 5.53. The minimum absolute atomic E-state index is 0.0476. The molecule has 9 heteroatoms. The van der Waals surface area contributed by atoms with Crippen LogP contribution in [0.5, 0.6) is 5.75 Å². The molecule has 1 aromatic heterocycles. The van der Waals surface area contributed by atoms with E-state index < -0.39 is 29.1 Å². The lowest BCUT2D eigenvalue weighted by Crippen LogP contribution is -2.33. The molecule has 0 saturated carbocycles. The molecule has 3 aromatic carbocycles. The molecule has 5 rings (SSSR count). The fourth-order valence-electron chi connectivity index (χ4n) is 5.28. The number of oxazole rings is 1. The van der Waals surface area contributed by atoms with Crippen molar-refractivity contribution in [3.63, 3.8) is 0 Å². The average molecular weight is 588 g/mol. The fraction of sp³-hybridized carbons (Fsp3) is 0.182. The summed E-state index contributed by atoms with van der Waals surface area (Å²) in [6, 6.07) is 14.9. The standard InChI is InChI=1S/C33H27ClFNO6/c1-18-8-5-6-9-22(18)23-10-7-13-33(19(23)2,32-36-27-15-21(30(37)38)14-25(34)29(27)42-32)17-26(35)20-11-12-24(31(39)41-4)28(16-20)40-3/h5-17,19H,1-4H3,(H,37,38)/b26-17-. The van der Waals surface area contributed by atoms with Crippen molar-refractivity contribution in [3.05, 3.63) is 118 Å². The van der Waals surface area contributed by atoms with Crippen LogP contribution in [0.4, 0.5) is 4.39 Å². The number of carbonyl (C=O) groups excluding carboxylic acids is 1. The van der Waals surface area contributed by atoms with Gasteiger partial charge >= 0.3 is 11.9 Å². The molecule has 0 bridgehead atoms. The molecule has 0 spiro atoms. The van der Waals surface area contributed by atoms with Crippen LogP contribution >= 0.6 is 11.6 Å². The third-order valence-corrected chi connectivity index (χ3v) is 7.88. The molecule has 0 radical (unpaired) electrons. The summed E-state index contributed by atoms with van der Waals surface area (Å²) in [6.45, 7) is 3.95. The Morgan fingerprint density at radius 1 is 1.12 bits per heavy atom. The number of halogens is 2. The first kappa shape index (κ1) is 28.8. The van der Waals surface area contributed by atoms with E-state index in [9.17, 15) is 14.7 Å². The summed E-state index contributed by atoms with van der Waals surface area (Å²) in [7, 11) is 2.63. The van der Waals surface area contributed by atoms with Crippen LogP contribution in [0.3, 0.4) is 0 Å². The van der Waals surface area contributed by atoms with E-state index >= 15 is 4.39 Å². The second-order valence-electron chi connectivity index (χ2n) is 9.98. The van der Waals surface area contributed by atoms with Gasteiger partial charge in [0.15, 0.2) is 5.58 Å². The van der Waals surface area contributed by atoms with Crippen LogP contribution in [0.15, 0.2) is 83.3 Å². The van der Waals surface area contributed by atoms with Crippen molar-refractivity contribution in [2.24, 2.45) is 5.92 Å². The van der Waals surface area contributed by atoms with Gasteiger partial charge < -0.3 is 19.0 Å². The number of aromatic nitrogens is 1. The van der Waals surface area contributed by atoms with E-state index in [2.05, 4.69) is 4.98 Å². The Kier molecular flexibility index (Phi) is 7.75. The van der Waals surface area contributed by atoms with E-state index in [4.69, 9.17) is 25.5 Å². The van der Waals surface area contributed by atoms with Crippen LogP contribution in [-0.2, 0) is 10.2 Å². The molecular formula is C33H27ClFNO6.